The van der Waals surface area contributed by atoms with Crippen LogP contribution in [0.3, 0.4) is 0 Å². The maximum absolute atomic E-state index is 11.2. The monoisotopic (exact) mass is 290 g/mol. The standard InChI is InChI=1S/C20H34O/c1-15-7-6-9-19(4,5)10-8-16(2)13-20(21)14-17(3)12-18(20)11-15/h8,10,16-18,21H,1,6-7,9,11-14H2,2-5H3/b10-8+/t16?,17?,18-,20+/m0/s1. The van der Waals surface area contributed by atoms with Crippen LogP contribution in [0.2, 0.25) is 0 Å². The molecule has 2 aliphatic rings. The van der Waals surface area contributed by atoms with Gasteiger partial charge in [-0.25, -0.2) is 0 Å². The predicted molar refractivity (Wildman–Crippen MR) is 91.1 cm³/mol. The van der Waals surface area contributed by atoms with Crippen molar-refractivity contribution in [3.8, 4) is 0 Å². The van der Waals surface area contributed by atoms with Gasteiger partial charge in [0.2, 0.25) is 0 Å². The average molecular weight is 290 g/mol. The summed E-state index contributed by atoms with van der Waals surface area (Å²) in [5, 5.41) is 11.2. The Labute approximate surface area is 131 Å². The fourth-order valence-corrected chi connectivity index (χ4v) is 4.46. The lowest BCUT2D eigenvalue weighted by Crippen LogP contribution is -2.35. The van der Waals surface area contributed by atoms with Crippen LogP contribution in [0.15, 0.2) is 24.3 Å². The van der Waals surface area contributed by atoms with Crippen molar-refractivity contribution < 1.29 is 5.11 Å². The van der Waals surface area contributed by atoms with Gasteiger partial charge in [-0.3, -0.25) is 0 Å². The molecule has 0 bridgehead atoms. The van der Waals surface area contributed by atoms with Crippen LogP contribution in [0.4, 0.5) is 0 Å². The Morgan fingerprint density at radius 2 is 1.95 bits per heavy atom. The van der Waals surface area contributed by atoms with Crippen LogP contribution in [0, 0.1) is 23.2 Å². The van der Waals surface area contributed by atoms with E-state index >= 15 is 0 Å². The molecule has 0 aromatic rings. The smallest absolute Gasteiger partial charge is 0.0687 e. The molecule has 0 spiro atoms. The fraction of sp³-hybridized carbons (Fsp3) is 0.800. The lowest BCUT2D eigenvalue weighted by Gasteiger charge is -2.33. The van der Waals surface area contributed by atoms with Crippen molar-refractivity contribution >= 4 is 0 Å². The van der Waals surface area contributed by atoms with Gasteiger partial charge >= 0.3 is 0 Å². The first-order valence-electron chi connectivity index (χ1n) is 8.78. The lowest BCUT2D eigenvalue weighted by atomic mass is 9.77. The molecule has 2 unspecified atom stereocenters. The molecule has 21 heavy (non-hydrogen) atoms. The largest absolute Gasteiger partial charge is 0.390 e. The summed E-state index contributed by atoms with van der Waals surface area (Å²) in [5.41, 5.74) is 1.13. The summed E-state index contributed by atoms with van der Waals surface area (Å²) in [6.45, 7) is 13.5. The number of hydrogen-bond donors (Lipinski definition) is 1. The number of allylic oxidation sites excluding steroid dienone is 3. The van der Waals surface area contributed by atoms with Crippen LogP contribution < -0.4 is 0 Å². The Hall–Kier alpha value is -0.560. The third-order valence-corrected chi connectivity index (χ3v) is 5.59. The van der Waals surface area contributed by atoms with Gasteiger partial charge < -0.3 is 5.11 Å². The number of aliphatic hydroxyl groups is 1. The normalized spacial score (nSPS) is 42.7. The van der Waals surface area contributed by atoms with E-state index in [2.05, 4.69) is 46.4 Å². The predicted octanol–water partition coefficient (Wildman–Crippen LogP) is 5.50. The minimum absolute atomic E-state index is 0.263. The van der Waals surface area contributed by atoms with Crippen molar-refractivity contribution in [3.63, 3.8) is 0 Å². The van der Waals surface area contributed by atoms with E-state index in [0.29, 0.717) is 17.8 Å². The molecule has 120 valence electrons. The van der Waals surface area contributed by atoms with E-state index in [0.717, 1.165) is 32.1 Å². The van der Waals surface area contributed by atoms with E-state index in [9.17, 15) is 5.11 Å². The van der Waals surface area contributed by atoms with Crippen molar-refractivity contribution in [3.05, 3.63) is 24.3 Å². The average Bonchev–Trinajstić information content (AvgIpc) is 2.60. The Morgan fingerprint density at radius 3 is 2.67 bits per heavy atom. The first kappa shape index (κ1) is 16.8. The molecule has 0 aromatic carbocycles. The van der Waals surface area contributed by atoms with Crippen molar-refractivity contribution in [1.29, 1.82) is 0 Å². The van der Waals surface area contributed by atoms with Crippen molar-refractivity contribution in [2.45, 2.75) is 78.2 Å². The maximum atomic E-state index is 11.2. The number of hydrogen-bond acceptors (Lipinski definition) is 1. The summed E-state index contributed by atoms with van der Waals surface area (Å²) < 4.78 is 0. The molecule has 0 heterocycles. The minimum atomic E-state index is -0.477. The van der Waals surface area contributed by atoms with Gasteiger partial charge in [0.05, 0.1) is 5.60 Å². The first-order chi connectivity index (χ1) is 9.70. The van der Waals surface area contributed by atoms with E-state index in [4.69, 9.17) is 0 Å². The molecule has 0 amide bonds. The quantitative estimate of drug-likeness (QED) is 0.584. The zero-order valence-electron chi connectivity index (χ0n) is 14.5. The van der Waals surface area contributed by atoms with Crippen molar-refractivity contribution in [1.82, 2.24) is 0 Å². The van der Waals surface area contributed by atoms with Crippen LogP contribution in [0.25, 0.3) is 0 Å². The molecule has 1 saturated carbocycles. The highest BCUT2D eigenvalue weighted by Crippen LogP contribution is 2.47. The van der Waals surface area contributed by atoms with Crippen LogP contribution in [0.1, 0.15) is 72.6 Å². The third-order valence-electron chi connectivity index (χ3n) is 5.59. The topological polar surface area (TPSA) is 20.2 Å². The summed E-state index contributed by atoms with van der Waals surface area (Å²) in [7, 11) is 0. The molecule has 0 saturated heterocycles. The van der Waals surface area contributed by atoms with E-state index in [1.165, 1.54) is 18.4 Å². The van der Waals surface area contributed by atoms with Gasteiger partial charge in [0.15, 0.2) is 0 Å². The van der Waals surface area contributed by atoms with Gasteiger partial charge in [-0.15, -0.1) is 0 Å². The lowest BCUT2D eigenvalue weighted by molar-refractivity contribution is -0.0151. The van der Waals surface area contributed by atoms with Gasteiger partial charge in [-0.2, -0.15) is 0 Å². The maximum Gasteiger partial charge on any atom is 0.0687 e. The van der Waals surface area contributed by atoms with E-state index in [1.54, 1.807) is 0 Å². The Kier molecular flexibility index (Phi) is 5.03. The van der Waals surface area contributed by atoms with Gasteiger partial charge in [-0.1, -0.05) is 52.0 Å². The van der Waals surface area contributed by atoms with E-state index in [-0.39, 0.29) is 5.41 Å². The van der Waals surface area contributed by atoms with Crippen LogP contribution in [-0.4, -0.2) is 10.7 Å². The van der Waals surface area contributed by atoms with Gasteiger partial charge in [0.1, 0.15) is 0 Å². The Bertz CT molecular complexity index is 406. The molecular weight excluding hydrogens is 256 g/mol. The number of fused-ring (bicyclic) bond motifs is 1. The minimum Gasteiger partial charge on any atom is -0.390 e. The zero-order chi connectivity index (χ0) is 15.7. The summed E-state index contributed by atoms with van der Waals surface area (Å²) in [4.78, 5) is 0. The Balaban J connectivity index is 2.20. The molecule has 1 fully saturated rings. The van der Waals surface area contributed by atoms with Gasteiger partial charge in [0, 0.05) is 0 Å². The van der Waals surface area contributed by atoms with Gasteiger partial charge in [0.25, 0.3) is 0 Å². The third kappa shape index (κ3) is 4.45. The summed E-state index contributed by atoms with van der Waals surface area (Å²) >= 11 is 0. The molecule has 2 rings (SSSR count). The molecule has 1 N–H and O–H groups in total. The van der Waals surface area contributed by atoms with Crippen LogP contribution >= 0.6 is 0 Å². The Morgan fingerprint density at radius 1 is 1.24 bits per heavy atom. The van der Waals surface area contributed by atoms with Crippen LogP contribution in [0.5, 0.6) is 0 Å². The summed E-state index contributed by atoms with van der Waals surface area (Å²) in [6.07, 6.45) is 12.3. The molecule has 1 nitrogen and oxygen atoms in total. The summed E-state index contributed by atoms with van der Waals surface area (Å²) in [6, 6.07) is 0. The first-order valence-corrected chi connectivity index (χ1v) is 8.78. The molecular formula is C20H34O. The molecule has 0 aliphatic heterocycles. The highest BCUT2D eigenvalue weighted by atomic mass is 16.3. The molecule has 4 atom stereocenters. The molecule has 2 aliphatic carbocycles. The second kappa shape index (κ2) is 6.28. The number of rotatable bonds is 0. The van der Waals surface area contributed by atoms with E-state index < -0.39 is 5.60 Å². The molecule has 0 radical (unpaired) electrons. The van der Waals surface area contributed by atoms with E-state index in [1.807, 2.05) is 0 Å². The second-order valence-corrected chi connectivity index (χ2v) is 8.68. The zero-order valence-corrected chi connectivity index (χ0v) is 14.5. The van der Waals surface area contributed by atoms with Crippen LogP contribution in [-0.2, 0) is 0 Å². The van der Waals surface area contributed by atoms with Crippen molar-refractivity contribution in [2.24, 2.45) is 23.2 Å². The highest BCUT2D eigenvalue weighted by Gasteiger charge is 2.44. The second-order valence-electron chi connectivity index (χ2n) is 8.68. The SMILES string of the molecule is C=C1CCCC(C)(C)/C=C/C(C)C[C@@]2(O)CC(C)C[C@@H]2C1. The molecule has 0 aromatic heterocycles. The summed E-state index contributed by atoms with van der Waals surface area (Å²) in [5.74, 6) is 1.52. The van der Waals surface area contributed by atoms with Gasteiger partial charge in [-0.05, 0) is 68.1 Å². The fourth-order valence-electron chi connectivity index (χ4n) is 4.46. The van der Waals surface area contributed by atoms with Crippen molar-refractivity contribution in [2.75, 3.05) is 0 Å². The highest BCUT2D eigenvalue weighted by molar-refractivity contribution is 5.07. The molecule has 1 heteroatoms.